The van der Waals surface area contributed by atoms with Gasteiger partial charge in [-0.05, 0) is 0 Å². The van der Waals surface area contributed by atoms with Crippen molar-refractivity contribution >= 4 is 23.9 Å². The van der Waals surface area contributed by atoms with Crippen LogP contribution < -0.4 is 10.6 Å². The monoisotopic (exact) mass is 351 g/mol. The molecule has 1 fully saturated rings. The molecule has 138 valence electrons. The highest BCUT2D eigenvalue weighted by atomic mass is 16.4. The minimum atomic E-state index is -1.11. The molecule has 0 bridgehead atoms. The Hall–Kier alpha value is -2.28. The third-order valence-corrected chi connectivity index (χ3v) is 2.87. The maximum Gasteiger partial charge on any atom is 0.322 e. The summed E-state index contributed by atoms with van der Waals surface area (Å²) in [7, 11) is 0. The summed E-state index contributed by atoms with van der Waals surface area (Å²) in [5.41, 5.74) is 0. The summed E-state index contributed by atoms with van der Waals surface area (Å²) in [5, 5.41) is 47.3. The van der Waals surface area contributed by atoms with Crippen molar-refractivity contribution in [2.45, 2.75) is 12.1 Å². The highest BCUT2D eigenvalue weighted by molar-refractivity contribution is 5.77. The summed E-state index contributed by atoms with van der Waals surface area (Å²) in [5.74, 6) is -4.15. The molecule has 1 aliphatic rings. The van der Waals surface area contributed by atoms with Crippen LogP contribution in [0.4, 0.5) is 0 Å². The number of carboxylic acid groups (broad SMARTS) is 4. The first-order chi connectivity index (χ1) is 11.2. The van der Waals surface area contributed by atoms with Crippen LogP contribution in [0.1, 0.15) is 0 Å². The maximum absolute atomic E-state index is 10.4. The normalized spacial score (nSPS) is 19.9. The molecular formula is C12H21N3O9. The fourth-order valence-electron chi connectivity index (χ4n) is 1.75. The third-order valence-electron chi connectivity index (χ3n) is 2.87. The molecule has 24 heavy (non-hydrogen) atoms. The van der Waals surface area contributed by atoms with E-state index in [0.717, 1.165) is 4.90 Å². The lowest BCUT2D eigenvalue weighted by atomic mass is 10.1. The van der Waals surface area contributed by atoms with Crippen molar-refractivity contribution in [2.24, 2.45) is 0 Å². The first kappa shape index (κ1) is 21.7. The molecule has 0 amide bonds. The average molecular weight is 351 g/mol. The Labute approximate surface area is 136 Å². The van der Waals surface area contributed by atoms with E-state index in [2.05, 4.69) is 10.6 Å². The molecule has 0 radical (unpaired) electrons. The number of nitrogens with one attached hydrogen (secondary N) is 2. The van der Waals surface area contributed by atoms with Gasteiger partial charge in [0.15, 0.2) is 0 Å². The van der Waals surface area contributed by atoms with Gasteiger partial charge in [0.05, 0.1) is 19.7 Å². The van der Waals surface area contributed by atoms with E-state index in [1.165, 1.54) is 0 Å². The van der Waals surface area contributed by atoms with E-state index in [1.54, 1.807) is 0 Å². The average Bonchev–Trinajstić information content (AvgIpc) is 2.46. The molecule has 12 nitrogen and oxygen atoms in total. The van der Waals surface area contributed by atoms with Gasteiger partial charge in [-0.1, -0.05) is 0 Å². The number of nitrogens with zero attached hydrogens (tertiary/aromatic N) is 1. The molecule has 0 aromatic heterocycles. The number of hydrogen-bond acceptors (Lipinski definition) is 8. The molecule has 0 saturated carbocycles. The molecule has 1 heterocycles. The molecule has 2 unspecified atom stereocenters. The zero-order valence-electron chi connectivity index (χ0n) is 12.7. The van der Waals surface area contributed by atoms with Gasteiger partial charge in [0.2, 0.25) is 0 Å². The number of aliphatic carboxylic acids is 4. The van der Waals surface area contributed by atoms with Crippen molar-refractivity contribution < 1.29 is 44.7 Å². The van der Waals surface area contributed by atoms with Crippen LogP contribution in [0.25, 0.3) is 0 Å². The molecule has 0 aliphatic carbocycles. The van der Waals surface area contributed by atoms with Crippen molar-refractivity contribution in [1.29, 1.82) is 0 Å². The zero-order valence-corrected chi connectivity index (χ0v) is 12.7. The highest BCUT2D eigenvalue weighted by Gasteiger charge is 2.28. The van der Waals surface area contributed by atoms with Crippen molar-refractivity contribution in [1.82, 2.24) is 15.5 Å². The lowest BCUT2D eigenvalue weighted by molar-refractivity contribution is -0.144. The number of hydrogen-bond donors (Lipinski definition) is 7. The standard InChI is InChI=1S/C6H10N2O4.C6H11NO5/c9-5(10)3-1-7-4(2-8-3)6(11)12;8-2-1-7(3-5(9)10)4-6(11)12/h3-4,7-8H,1-2H2,(H,9,10)(H,11,12);8H,1-4H2,(H,9,10)(H,11,12). The van der Waals surface area contributed by atoms with Crippen LogP contribution in [0.15, 0.2) is 0 Å². The summed E-state index contributed by atoms with van der Waals surface area (Å²) in [6, 6.07) is -1.36. The number of aliphatic hydroxyl groups is 1. The fraction of sp³-hybridized carbons (Fsp3) is 0.667. The third kappa shape index (κ3) is 9.68. The topological polar surface area (TPSA) is 197 Å². The van der Waals surface area contributed by atoms with E-state index in [9.17, 15) is 19.2 Å². The minimum absolute atomic E-state index is 0.0542. The maximum atomic E-state index is 10.4. The molecule has 1 saturated heterocycles. The molecule has 1 aliphatic heterocycles. The lowest BCUT2D eigenvalue weighted by Crippen LogP contribution is -2.59. The Morgan fingerprint density at radius 1 is 0.833 bits per heavy atom. The number of rotatable bonds is 8. The molecule has 7 N–H and O–H groups in total. The van der Waals surface area contributed by atoms with E-state index in [1.807, 2.05) is 0 Å². The Morgan fingerprint density at radius 3 is 1.42 bits per heavy atom. The number of carboxylic acids is 4. The summed E-state index contributed by atoms with van der Waals surface area (Å²) in [6.07, 6.45) is 0. The van der Waals surface area contributed by atoms with Crippen LogP contribution in [0.2, 0.25) is 0 Å². The SMILES string of the molecule is O=C(O)C1CNC(C(=O)O)CN1.O=C(O)CN(CCO)CC(=O)O. The van der Waals surface area contributed by atoms with Gasteiger partial charge in [-0.2, -0.15) is 0 Å². The van der Waals surface area contributed by atoms with E-state index in [0.29, 0.717) is 0 Å². The van der Waals surface area contributed by atoms with Crippen LogP contribution in [-0.4, -0.2) is 106 Å². The zero-order chi connectivity index (χ0) is 18.7. The van der Waals surface area contributed by atoms with Gasteiger partial charge in [0.25, 0.3) is 0 Å². The highest BCUT2D eigenvalue weighted by Crippen LogP contribution is 1.93. The second kappa shape index (κ2) is 11.3. The van der Waals surface area contributed by atoms with Crippen LogP contribution in [0.5, 0.6) is 0 Å². The molecule has 1 rings (SSSR count). The van der Waals surface area contributed by atoms with Gasteiger partial charge in [-0.15, -0.1) is 0 Å². The Balaban J connectivity index is 0.000000441. The van der Waals surface area contributed by atoms with Crippen LogP contribution in [0.3, 0.4) is 0 Å². The minimum Gasteiger partial charge on any atom is -0.480 e. The van der Waals surface area contributed by atoms with Crippen molar-refractivity contribution in [3.63, 3.8) is 0 Å². The first-order valence-electron chi connectivity index (χ1n) is 6.86. The van der Waals surface area contributed by atoms with Gasteiger partial charge in [0.1, 0.15) is 12.1 Å². The smallest absolute Gasteiger partial charge is 0.322 e. The van der Waals surface area contributed by atoms with Gasteiger partial charge in [-0.3, -0.25) is 24.1 Å². The van der Waals surface area contributed by atoms with Gasteiger partial charge in [-0.25, -0.2) is 0 Å². The summed E-state index contributed by atoms with van der Waals surface area (Å²) in [4.78, 5) is 42.2. The second-order valence-corrected chi connectivity index (χ2v) is 4.82. The quantitative estimate of drug-likeness (QED) is 0.228. The van der Waals surface area contributed by atoms with Gasteiger partial charge in [0, 0.05) is 19.6 Å². The summed E-state index contributed by atoms with van der Waals surface area (Å²) in [6.45, 7) is -0.641. The number of carbonyl (C=O) groups is 4. The van der Waals surface area contributed by atoms with Crippen LogP contribution >= 0.6 is 0 Å². The lowest BCUT2D eigenvalue weighted by Gasteiger charge is -2.25. The number of piperazine rings is 1. The van der Waals surface area contributed by atoms with Gasteiger partial charge >= 0.3 is 23.9 Å². The Bertz CT molecular complexity index is 411. The Kier molecular flexibility index (Phi) is 10.2. The van der Waals surface area contributed by atoms with Gasteiger partial charge < -0.3 is 36.2 Å². The van der Waals surface area contributed by atoms with Crippen molar-refractivity contribution in [2.75, 3.05) is 39.3 Å². The van der Waals surface area contributed by atoms with E-state index < -0.39 is 36.0 Å². The number of aliphatic hydroxyl groups excluding tert-OH is 1. The predicted octanol–water partition coefficient (Wildman–Crippen LogP) is -3.46. The van der Waals surface area contributed by atoms with Crippen molar-refractivity contribution in [3.8, 4) is 0 Å². The largest absolute Gasteiger partial charge is 0.480 e. The fourth-order valence-corrected chi connectivity index (χ4v) is 1.75. The molecule has 0 aromatic carbocycles. The molecule has 0 aromatic rings. The van der Waals surface area contributed by atoms with Crippen LogP contribution in [0, 0.1) is 0 Å². The van der Waals surface area contributed by atoms with Crippen LogP contribution in [-0.2, 0) is 19.2 Å². The first-order valence-corrected chi connectivity index (χ1v) is 6.86. The van der Waals surface area contributed by atoms with E-state index in [-0.39, 0.29) is 39.3 Å². The summed E-state index contributed by atoms with van der Waals surface area (Å²) < 4.78 is 0. The van der Waals surface area contributed by atoms with E-state index in [4.69, 9.17) is 25.5 Å². The molecule has 12 heteroatoms. The summed E-state index contributed by atoms with van der Waals surface area (Å²) >= 11 is 0. The van der Waals surface area contributed by atoms with Crippen molar-refractivity contribution in [3.05, 3.63) is 0 Å². The van der Waals surface area contributed by atoms with E-state index >= 15 is 0 Å². The molecular weight excluding hydrogens is 330 g/mol. The Morgan fingerprint density at radius 2 is 1.21 bits per heavy atom. The molecule has 2 atom stereocenters. The second-order valence-electron chi connectivity index (χ2n) is 4.82. The molecule has 0 spiro atoms. The predicted molar refractivity (Wildman–Crippen MR) is 77.7 cm³/mol.